The molecule has 3 rings (SSSR count). The van der Waals surface area contributed by atoms with E-state index in [0.29, 0.717) is 18.8 Å². The Kier molecular flexibility index (Phi) is 6.99. The molecule has 2 heterocycles. The highest BCUT2D eigenvalue weighted by atomic mass is 35.5. The van der Waals surface area contributed by atoms with Gasteiger partial charge in [-0.05, 0) is 31.3 Å². The summed E-state index contributed by atoms with van der Waals surface area (Å²) in [6.45, 7) is 1.28. The number of carbonyl (C=O) groups is 1. The molecule has 8 heteroatoms. The summed E-state index contributed by atoms with van der Waals surface area (Å²) in [7, 11) is 3.61. The topological polar surface area (TPSA) is 59.4 Å². The molecule has 26 heavy (non-hydrogen) atoms. The minimum Gasteiger partial charge on any atom is -0.490 e. The van der Waals surface area contributed by atoms with Gasteiger partial charge in [0.1, 0.15) is 23.7 Å². The Balaban J connectivity index is 0.00000243. The SMILES string of the molecule is CNC(C(=O)N1CCC(Oc2ccc(F)cc2)CC1)c1cnn(C)c1.Cl. The average molecular weight is 383 g/mol. The predicted octanol–water partition coefficient (Wildman–Crippen LogP) is 2.31. The first kappa shape index (κ1) is 20.2. The molecule has 6 nitrogen and oxygen atoms in total. The summed E-state index contributed by atoms with van der Waals surface area (Å²) in [5.41, 5.74) is 0.861. The van der Waals surface area contributed by atoms with E-state index in [-0.39, 0.29) is 36.3 Å². The van der Waals surface area contributed by atoms with Crippen molar-refractivity contribution in [3.05, 3.63) is 48.0 Å². The third-order valence-corrected chi connectivity index (χ3v) is 4.46. The van der Waals surface area contributed by atoms with Crippen molar-refractivity contribution in [1.82, 2.24) is 20.0 Å². The fourth-order valence-corrected chi connectivity index (χ4v) is 3.10. The van der Waals surface area contributed by atoms with E-state index in [9.17, 15) is 9.18 Å². The predicted molar refractivity (Wildman–Crippen MR) is 98.9 cm³/mol. The van der Waals surface area contributed by atoms with Crippen LogP contribution in [0.1, 0.15) is 24.4 Å². The molecule has 0 saturated carbocycles. The molecule has 1 aliphatic rings. The third-order valence-electron chi connectivity index (χ3n) is 4.46. The maximum absolute atomic E-state index is 12.9. The van der Waals surface area contributed by atoms with Crippen LogP contribution in [0.5, 0.6) is 5.75 Å². The molecule has 142 valence electrons. The Morgan fingerprint density at radius 3 is 2.50 bits per heavy atom. The van der Waals surface area contributed by atoms with Gasteiger partial charge in [-0.1, -0.05) is 0 Å². The molecule has 0 aliphatic carbocycles. The molecule has 1 N–H and O–H groups in total. The van der Waals surface area contributed by atoms with Crippen molar-refractivity contribution in [3.8, 4) is 5.75 Å². The number of likely N-dealkylation sites (tertiary alicyclic amines) is 1. The Labute approximate surface area is 158 Å². The molecule has 1 fully saturated rings. The minimum atomic E-state index is -0.386. The van der Waals surface area contributed by atoms with Crippen molar-refractivity contribution < 1.29 is 13.9 Å². The highest BCUT2D eigenvalue weighted by Crippen LogP contribution is 2.22. The first-order chi connectivity index (χ1) is 12.1. The van der Waals surface area contributed by atoms with Crippen LogP contribution in [0, 0.1) is 5.82 Å². The van der Waals surface area contributed by atoms with Crippen molar-refractivity contribution in [2.45, 2.75) is 25.0 Å². The number of piperidine rings is 1. The van der Waals surface area contributed by atoms with Crippen molar-refractivity contribution in [3.63, 3.8) is 0 Å². The number of aryl methyl sites for hydroxylation is 1. The van der Waals surface area contributed by atoms with Crippen LogP contribution in [0.25, 0.3) is 0 Å². The van der Waals surface area contributed by atoms with Gasteiger partial charge in [-0.25, -0.2) is 4.39 Å². The van der Waals surface area contributed by atoms with Crippen molar-refractivity contribution >= 4 is 18.3 Å². The van der Waals surface area contributed by atoms with E-state index < -0.39 is 0 Å². The lowest BCUT2D eigenvalue weighted by Gasteiger charge is -2.34. The third kappa shape index (κ3) is 4.74. The summed E-state index contributed by atoms with van der Waals surface area (Å²) in [6.07, 6.45) is 5.12. The lowest BCUT2D eigenvalue weighted by atomic mass is 10.0. The van der Waals surface area contributed by atoms with Gasteiger partial charge in [-0.3, -0.25) is 9.48 Å². The van der Waals surface area contributed by atoms with Crippen LogP contribution in [0.15, 0.2) is 36.7 Å². The second kappa shape index (κ2) is 9.00. The van der Waals surface area contributed by atoms with Crippen molar-refractivity contribution in [1.29, 1.82) is 0 Å². The van der Waals surface area contributed by atoms with Crippen molar-refractivity contribution in [2.75, 3.05) is 20.1 Å². The number of hydrogen-bond donors (Lipinski definition) is 1. The summed E-state index contributed by atoms with van der Waals surface area (Å²) in [6, 6.07) is 5.65. The number of halogens is 2. The quantitative estimate of drug-likeness (QED) is 0.862. The molecular weight excluding hydrogens is 359 g/mol. The van der Waals surface area contributed by atoms with Crippen LogP contribution in [-0.2, 0) is 11.8 Å². The average Bonchev–Trinajstić information content (AvgIpc) is 3.04. The number of ether oxygens (including phenoxy) is 1. The van der Waals surface area contributed by atoms with Crippen LogP contribution in [-0.4, -0.2) is 46.8 Å². The zero-order valence-electron chi connectivity index (χ0n) is 14.9. The Morgan fingerprint density at radius 2 is 1.96 bits per heavy atom. The van der Waals surface area contributed by atoms with Gasteiger partial charge in [-0.15, -0.1) is 12.4 Å². The summed E-state index contributed by atoms with van der Waals surface area (Å²) < 4.78 is 20.5. The largest absolute Gasteiger partial charge is 0.490 e. The minimum absolute atomic E-state index is 0. The van der Waals surface area contributed by atoms with Crippen LogP contribution in [0.3, 0.4) is 0 Å². The summed E-state index contributed by atoms with van der Waals surface area (Å²) in [4.78, 5) is 14.6. The van der Waals surface area contributed by atoms with E-state index in [1.807, 2.05) is 18.1 Å². The van der Waals surface area contributed by atoms with Gasteiger partial charge in [0, 0.05) is 44.7 Å². The van der Waals surface area contributed by atoms with E-state index >= 15 is 0 Å². The highest BCUT2D eigenvalue weighted by Gasteiger charge is 2.29. The van der Waals surface area contributed by atoms with E-state index in [1.165, 1.54) is 12.1 Å². The summed E-state index contributed by atoms with van der Waals surface area (Å²) in [5, 5.41) is 7.21. The fourth-order valence-electron chi connectivity index (χ4n) is 3.10. The normalized spacial score (nSPS) is 16.0. The van der Waals surface area contributed by atoms with Gasteiger partial charge in [-0.2, -0.15) is 5.10 Å². The lowest BCUT2D eigenvalue weighted by Crippen LogP contribution is -2.46. The molecule has 1 saturated heterocycles. The number of rotatable bonds is 5. The Bertz CT molecular complexity index is 714. The number of aromatic nitrogens is 2. The molecule has 1 unspecified atom stereocenters. The van der Waals surface area contributed by atoms with E-state index in [2.05, 4.69) is 10.4 Å². The van der Waals surface area contributed by atoms with Crippen LogP contribution in [0.2, 0.25) is 0 Å². The monoisotopic (exact) mass is 382 g/mol. The second-order valence-electron chi connectivity index (χ2n) is 6.27. The van der Waals surface area contributed by atoms with E-state index in [1.54, 1.807) is 30.1 Å². The van der Waals surface area contributed by atoms with Gasteiger partial charge in [0.2, 0.25) is 5.91 Å². The summed E-state index contributed by atoms with van der Waals surface area (Å²) in [5.74, 6) is 0.437. The number of amides is 1. The molecule has 1 atom stereocenters. The number of hydrogen-bond acceptors (Lipinski definition) is 4. The molecule has 1 aromatic carbocycles. The Morgan fingerprint density at radius 1 is 1.31 bits per heavy atom. The number of benzene rings is 1. The fraction of sp³-hybridized carbons (Fsp3) is 0.444. The van der Waals surface area contributed by atoms with E-state index in [0.717, 1.165) is 18.4 Å². The smallest absolute Gasteiger partial charge is 0.244 e. The number of carbonyl (C=O) groups excluding carboxylic acids is 1. The molecule has 0 radical (unpaired) electrons. The van der Waals surface area contributed by atoms with Gasteiger partial charge in [0.25, 0.3) is 0 Å². The Hall–Kier alpha value is -2.12. The zero-order chi connectivity index (χ0) is 17.8. The molecule has 0 spiro atoms. The molecular formula is C18H24ClFN4O2. The lowest BCUT2D eigenvalue weighted by molar-refractivity contribution is -0.135. The van der Waals surface area contributed by atoms with Gasteiger partial charge >= 0.3 is 0 Å². The first-order valence-electron chi connectivity index (χ1n) is 8.43. The van der Waals surface area contributed by atoms with E-state index in [4.69, 9.17) is 4.74 Å². The molecule has 2 aromatic rings. The second-order valence-corrected chi connectivity index (χ2v) is 6.27. The van der Waals surface area contributed by atoms with Gasteiger partial charge in [0.05, 0.1) is 6.20 Å². The summed E-state index contributed by atoms with van der Waals surface area (Å²) >= 11 is 0. The molecule has 1 aliphatic heterocycles. The number of nitrogens with zero attached hydrogens (tertiary/aromatic N) is 3. The molecule has 1 aromatic heterocycles. The van der Waals surface area contributed by atoms with Crippen LogP contribution in [0.4, 0.5) is 4.39 Å². The van der Waals surface area contributed by atoms with Crippen LogP contribution >= 0.6 is 12.4 Å². The maximum atomic E-state index is 12.9. The standard InChI is InChI=1S/C18H23FN4O2.ClH/c1-20-17(13-11-21-22(2)12-13)18(24)23-9-7-16(8-10-23)25-15-5-3-14(19)4-6-15;/h3-6,11-12,16-17,20H,7-10H2,1-2H3;1H. The number of likely N-dealkylation sites (N-methyl/N-ethyl adjacent to an activating group) is 1. The van der Waals surface area contributed by atoms with Crippen molar-refractivity contribution in [2.24, 2.45) is 7.05 Å². The van der Waals surface area contributed by atoms with Gasteiger partial charge in [0.15, 0.2) is 0 Å². The van der Waals surface area contributed by atoms with Gasteiger partial charge < -0.3 is 15.0 Å². The molecule has 0 bridgehead atoms. The number of nitrogens with one attached hydrogen (secondary N) is 1. The highest BCUT2D eigenvalue weighted by molar-refractivity contribution is 5.85. The zero-order valence-corrected chi connectivity index (χ0v) is 15.7. The first-order valence-corrected chi connectivity index (χ1v) is 8.43. The maximum Gasteiger partial charge on any atom is 0.244 e. The molecule has 1 amide bonds. The van der Waals surface area contributed by atoms with Crippen LogP contribution < -0.4 is 10.1 Å².